The first-order valence-electron chi connectivity index (χ1n) is 9.69. The second-order valence-corrected chi connectivity index (χ2v) is 13.7. The van der Waals surface area contributed by atoms with E-state index in [1.807, 2.05) is 0 Å². The van der Waals surface area contributed by atoms with E-state index in [4.69, 9.17) is 14.3 Å². The molecule has 0 bridgehead atoms. The average molecular weight is 440 g/mol. The molecule has 1 saturated heterocycles. The fraction of sp³-hybridized carbons (Fsp3) is 0.500. The predicted octanol–water partition coefficient (Wildman–Crippen LogP) is 3.99. The number of anilines is 1. The van der Waals surface area contributed by atoms with Crippen LogP contribution in [-0.2, 0) is 15.8 Å². The molecule has 1 fully saturated rings. The highest BCUT2D eigenvalue weighted by Gasteiger charge is 2.37. The topological polar surface area (TPSA) is 76.8 Å². The van der Waals surface area contributed by atoms with Gasteiger partial charge in [0.25, 0.3) is 0 Å². The summed E-state index contributed by atoms with van der Waals surface area (Å²) in [6, 6.07) is 2.10. The van der Waals surface area contributed by atoms with Crippen LogP contribution in [0, 0.1) is 11.6 Å². The Hall–Kier alpha value is -2.30. The van der Waals surface area contributed by atoms with Gasteiger partial charge in [-0.3, -0.25) is 4.90 Å². The number of carbonyl (C=O) groups excluding carboxylic acids is 1. The van der Waals surface area contributed by atoms with E-state index in [9.17, 15) is 13.6 Å². The predicted molar refractivity (Wildman–Crippen MR) is 110 cm³/mol. The number of cyclic esters (lactones) is 1. The number of aromatic nitrogens is 2. The zero-order valence-corrected chi connectivity index (χ0v) is 18.8. The van der Waals surface area contributed by atoms with E-state index in [0.717, 1.165) is 21.7 Å². The Balaban J connectivity index is 1.80. The highest BCUT2D eigenvalue weighted by atomic mass is 28.4. The van der Waals surface area contributed by atoms with Gasteiger partial charge in [0.05, 0.1) is 31.6 Å². The minimum absolute atomic E-state index is 0.0170. The van der Waals surface area contributed by atoms with Gasteiger partial charge in [-0.25, -0.2) is 18.3 Å². The lowest BCUT2D eigenvalue weighted by molar-refractivity contribution is 0.0963. The van der Waals surface area contributed by atoms with E-state index in [1.165, 1.54) is 12.4 Å². The zero-order valence-electron chi connectivity index (χ0n) is 17.8. The Labute approximate surface area is 175 Å². The first-order valence-corrected chi connectivity index (χ1v) is 12.6. The van der Waals surface area contributed by atoms with Crippen molar-refractivity contribution in [2.75, 3.05) is 18.1 Å². The van der Waals surface area contributed by atoms with Gasteiger partial charge in [0.2, 0.25) is 0 Å². The van der Waals surface area contributed by atoms with Gasteiger partial charge in [0.15, 0.2) is 20.0 Å². The van der Waals surface area contributed by atoms with E-state index in [0.29, 0.717) is 12.2 Å². The molecular formula is C20H27F2N3O4Si. The minimum atomic E-state index is -1.97. The van der Waals surface area contributed by atoms with E-state index in [-0.39, 0.29) is 29.6 Å². The van der Waals surface area contributed by atoms with Crippen LogP contribution in [0.2, 0.25) is 18.1 Å². The van der Waals surface area contributed by atoms with Crippen LogP contribution in [0.1, 0.15) is 26.3 Å². The lowest BCUT2D eigenvalue weighted by Gasteiger charge is -2.36. The monoisotopic (exact) mass is 439 g/mol. The van der Waals surface area contributed by atoms with Crippen molar-refractivity contribution in [3.05, 3.63) is 41.7 Å². The molecule has 0 unspecified atom stereocenters. The summed E-state index contributed by atoms with van der Waals surface area (Å²) in [5, 5.41) is 13.2. The molecule has 2 aromatic rings. The van der Waals surface area contributed by atoms with Crippen molar-refractivity contribution in [3.63, 3.8) is 0 Å². The van der Waals surface area contributed by atoms with Gasteiger partial charge < -0.3 is 14.3 Å². The molecule has 1 aromatic carbocycles. The standard InChI is InChI=1S/C20H27F2N3O4Si/c1-20(2,3)30(4,5)28-12-13-8-23-25(9-13)18-16(21)6-14(7-17(18)22)24-10-15(11-26)29-19(24)27/h6-9,15,26H,10-12H2,1-5H3/t15-/m1/s1. The van der Waals surface area contributed by atoms with Gasteiger partial charge in [-0.05, 0) is 18.1 Å². The Morgan fingerprint density at radius 3 is 2.47 bits per heavy atom. The molecule has 1 atom stereocenters. The van der Waals surface area contributed by atoms with E-state index in [2.05, 4.69) is 39.0 Å². The molecule has 1 amide bonds. The van der Waals surface area contributed by atoms with Crippen molar-refractivity contribution in [3.8, 4) is 5.69 Å². The Kier molecular flexibility index (Phi) is 6.03. The van der Waals surface area contributed by atoms with Crippen LogP contribution >= 0.6 is 0 Å². The maximum absolute atomic E-state index is 14.7. The molecule has 1 N–H and O–H groups in total. The molecule has 2 heterocycles. The van der Waals surface area contributed by atoms with Crippen molar-refractivity contribution < 1.29 is 27.8 Å². The van der Waals surface area contributed by atoms with E-state index in [1.54, 1.807) is 0 Å². The summed E-state index contributed by atoms with van der Waals surface area (Å²) in [6.45, 7) is 10.6. The van der Waals surface area contributed by atoms with Crippen molar-refractivity contribution in [1.29, 1.82) is 0 Å². The number of hydrogen-bond acceptors (Lipinski definition) is 5. The summed E-state index contributed by atoms with van der Waals surface area (Å²) in [4.78, 5) is 12.9. The number of halogens is 2. The smallest absolute Gasteiger partial charge is 0.414 e. The molecule has 3 rings (SSSR count). The number of hydrogen-bond donors (Lipinski definition) is 1. The van der Waals surface area contributed by atoms with Crippen molar-refractivity contribution in [2.24, 2.45) is 0 Å². The van der Waals surface area contributed by atoms with Crippen molar-refractivity contribution in [1.82, 2.24) is 9.78 Å². The average Bonchev–Trinajstić information content (AvgIpc) is 3.25. The number of benzene rings is 1. The first-order chi connectivity index (χ1) is 13.9. The SMILES string of the molecule is CC(C)(C)[Si](C)(C)OCc1cnn(-c2c(F)cc(N3C[C@H](CO)OC3=O)cc2F)c1. The van der Waals surface area contributed by atoms with Crippen LogP contribution in [-0.4, -0.2) is 48.6 Å². The summed E-state index contributed by atoms with van der Waals surface area (Å²) in [5.74, 6) is -1.74. The van der Waals surface area contributed by atoms with Crippen LogP contribution in [0.25, 0.3) is 5.69 Å². The second kappa shape index (κ2) is 8.08. The van der Waals surface area contributed by atoms with Crippen LogP contribution in [0.15, 0.2) is 24.5 Å². The number of amides is 1. The Bertz CT molecular complexity index is 919. The van der Waals surface area contributed by atoms with Gasteiger partial charge in [0.1, 0.15) is 11.8 Å². The van der Waals surface area contributed by atoms with Crippen LogP contribution < -0.4 is 4.90 Å². The number of rotatable bonds is 6. The van der Waals surface area contributed by atoms with Gasteiger partial charge >= 0.3 is 6.09 Å². The van der Waals surface area contributed by atoms with E-state index < -0.39 is 32.1 Å². The molecule has 1 aliphatic heterocycles. The second-order valence-electron chi connectivity index (χ2n) is 8.90. The molecule has 0 spiro atoms. The van der Waals surface area contributed by atoms with E-state index >= 15 is 0 Å². The molecule has 164 valence electrons. The highest BCUT2D eigenvalue weighted by Crippen LogP contribution is 2.37. The van der Waals surface area contributed by atoms with Crippen LogP contribution in [0.3, 0.4) is 0 Å². The first kappa shape index (κ1) is 22.4. The molecule has 30 heavy (non-hydrogen) atoms. The Morgan fingerprint density at radius 1 is 1.30 bits per heavy atom. The zero-order chi connectivity index (χ0) is 22.3. The van der Waals surface area contributed by atoms with Gasteiger partial charge in [-0.15, -0.1) is 0 Å². The third-order valence-corrected chi connectivity index (χ3v) is 10.1. The van der Waals surface area contributed by atoms with Gasteiger partial charge in [-0.2, -0.15) is 5.10 Å². The molecule has 0 aliphatic carbocycles. The summed E-state index contributed by atoms with van der Waals surface area (Å²) < 4.78 is 41.7. The molecule has 1 aromatic heterocycles. The lowest BCUT2D eigenvalue weighted by atomic mass is 10.2. The molecule has 1 aliphatic rings. The number of aliphatic hydroxyl groups excluding tert-OH is 1. The number of ether oxygens (including phenoxy) is 1. The largest absolute Gasteiger partial charge is 0.441 e. The number of carbonyl (C=O) groups is 1. The molecular weight excluding hydrogens is 412 g/mol. The molecule has 0 radical (unpaired) electrons. The quantitative estimate of drug-likeness (QED) is 0.689. The lowest BCUT2D eigenvalue weighted by Crippen LogP contribution is -2.40. The highest BCUT2D eigenvalue weighted by molar-refractivity contribution is 6.74. The summed E-state index contributed by atoms with van der Waals surface area (Å²) in [7, 11) is -1.97. The van der Waals surface area contributed by atoms with Crippen molar-refractivity contribution >= 4 is 20.1 Å². The minimum Gasteiger partial charge on any atom is -0.441 e. The fourth-order valence-corrected chi connectivity index (χ4v) is 3.75. The normalized spacial score (nSPS) is 17.5. The van der Waals surface area contributed by atoms with Crippen LogP contribution in [0.5, 0.6) is 0 Å². The third-order valence-electron chi connectivity index (χ3n) is 5.66. The molecule has 7 nitrogen and oxygen atoms in total. The summed E-state index contributed by atoms with van der Waals surface area (Å²) >= 11 is 0. The Morgan fingerprint density at radius 2 is 1.93 bits per heavy atom. The number of aliphatic hydroxyl groups is 1. The fourth-order valence-electron chi connectivity index (χ4n) is 2.79. The van der Waals surface area contributed by atoms with Gasteiger partial charge in [0, 0.05) is 23.9 Å². The molecule has 0 saturated carbocycles. The summed E-state index contributed by atoms with van der Waals surface area (Å²) in [5.41, 5.74) is 0.378. The maximum atomic E-state index is 14.7. The maximum Gasteiger partial charge on any atom is 0.414 e. The molecule has 10 heteroatoms. The van der Waals surface area contributed by atoms with Crippen molar-refractivity contribution in [2.45, 2.75) is 51.6 Å². The third kappa shape index (κ3) is 4.40. The van der Waals surface area contributed by atoms with Crippen LogP contribution in [0.4, 0.5) is 19.3 Å². The van der Waals surface area contributed by atoms with Gasteiger partial charge in [-0.1, -0.05) is 20.8 Å². The summed E-state index contributed by atoms with van der Waals surface area (Å²) in [6.07, 6.45) is 1.56. The number of nitrogens with zero attached hydrogens (tertiary/aromatic N) is 3.